The molecule has 2 rings (SSSR count). The van der Waals surface area contributed by atoms with Gasteiger partial charge in [0.05, 0.1) is 11.6 Å². The summed E-state index contributed by atoms with van der Waals surface area (Å²) in [6, 6.07) is 2.75. The summed E-state index contributed by atoms with van der Waals surface area (Å²) in [5.74, 6) is 0.372. The van der Waals surface area contributed by atoms with E-state index in [2.05, 4.69) is 15.6 Å². The highest BCUT2D eigenvalue weighted by Crippen LogP contribution is 2.15. The Hall–Kier alpha value is -1.30. The second-order valence-corrected chi connectivity index (χ2v) is 3.15. The molecule has 6 heteroatoms. The van der Waals surface area contributed by atoms with Gasteiger partial charge in [-0.2, -0.15) is 0 Å². The monoisotopic (exact) mass is 191 g/mol. The second-order valence-electron chi connectivity index (χ2n) is 2.71. The number of aromatic amines is 1. The van der Waals surface area contributed by atoms with Crippen molar-refractivity contribution in [2.24, 2.45) is 0 Å². The Kier molecular flexibility index (Phi) is 1.84. The molecule has 64 valence electrons. The van der Waals surface area contributed by atoms with Crippen molar-refractivity contribution in [2.45, 2.75) is 6.07 Å². The highest BCUT2D eigenvalue weighted by molar-refractivity contribution is 7.71. The lowest BCUT2D eigenvalue weighted by atomic mass is 10.0. The largest absolute Gasteiger partial charge is 0.360 e. The van der Waals surface area contributed by atoms with Gasteiger partial charge >= 0.3 is 0 Å². The summed E-state index contributed by atoms with van der Waals surface area (Å²) >= 11 is 4.91. The van der Waals surface area contributed by atoms with E-state index in [0.717, 1.165) is 0 Å². The Bertz CT molecular complexity index is 416. The Labute approximate surface area is 81.1 Å². The third-order valence-electron chi connectivity index (χ3n) is 1.75. The summed E-state index contributed by atoms with van der Waals surface area (Å²) in [5.41, 5.74) is 0.523. The minimum atomic E-state index is -0.562. The van der Waals surface area contributed by atoms with E-state index in [-0.39, 0.29) is 5.91 Å². The molecule has 1 atom stereocenters. The van der Waals surface area contributed by atoms with Crippen LogP contribution < -0.4 is 10.6 Å². The van der Waals surface area contributed by atoms with E-state index in [1.807, 2.05) is 0 Å². The lowest BCUT2D eigenvalue weighted by Crippen LogP contribution is -2.45. The summed E-state index contributed by atoms with van der Waals surface area (Å²) in [5, 5.41) is 5.38. The number of rotatable bonds is 0. The summed E-state index contributed by atoms with van der Waals surface area (Å²) in [6.45, 7) is 0. The van der Waals surface area contributed by atoms with Gasteiger partial charge in [-0.3, -0.25) is 4.79 Å². The van der Waals surface area contributed by atoms with E-state index in [9.17, 15) is 4.79 Å². The number of H-pyrrole nitrogens is 1. The molecule has 1 amide bonds. The maximum atomic E-state index is 11.3. The van der Waals surface area contributed by atoms with Gasteiger partial charge in [-0.1, -0.05) is 12.2 Å². The first-order valence-corrected chi connectivity index (χ1v) is 4.14. The van der Waals surface area contributed by atoms with Crippen LogP contribution in [0.5, 0.6) is 0 Å². The van der Waals surface area contributed by atoms with E-state index >= 15 is 0 Å². The lowest BCUT2D eigenvalue weighted by molar-refractivity contribution is 0.0947. The zero-order valence-corrected chi connectivity index (χ0v) is 7.44. The summed E-state index contributed by atoms with van der Waals surface area (Å²) in [6.07, 6.45) is 0. The third kappa shape index (κ3) is 1.44. The van der Waals surface area contributed by atoms with E-state index in [1.165, 1.54) is 0 Å². The van der Waals surface area contributed by atoms with Crippen molar-refractivity contribution < 1.29 is 4.79 Å². The van der Waals surface area contributed by atoms with Crippen LogP contribution in [0.25, 0.3) is 0 Å². The molecule has 1 aliphatic rings. The fraction of sp³-hybridized carbons (Fsp3) is 0.143. The number of nitrogens with one attached hydrogen (secondary N) is 3. The third-order valence-corrected chi connectivity index (χ3v) is 1.99. The quantitative estimate of drug-likeness (QED) is 0.409. The van der Waals surface area contributed by atoms with E-state index < -0.39 is 6.07 Å². The number of amides is 1. The molecule has 1 aromatic heterocycles. The fourth-order valence-electron chi connectivity index (χ4n) is 1.19. The number of fused-ring (bicyclic) bond motifs is 1. The molecular formula is C7H6BN3OS. The van der Waals surface area contributed by atoms with Gasteiger partial charge in [0.1, 0.15) is 18.3 Å². The Morgan fingerprint density at radius 3 is 2.92 bits per heavy atom. The summed E-state index contributed by atoms with van der Waals surface area (Å²) < 4.78 is 0.563. The van der Waals surface area contributed by atoms with Gasteiger partial charge in [0.2, 0.25) is 0 Å². The SMILES string of the molecule is [B]C1NC(=O)c2ccc(=S)[nH]c2N1. The number of hydrogen-bond acceptors (Lipinski definition) is 3. The van der Waals surface area contributed by atoms with Crippen LogP contribution in [-0.4, -0.2) is 24.8 Å². The zero-order chi connectivity index (χ0) is 9.42. The zero-order valence-electron chi connectivity index (χ0n) is 6.63. The maximum Gasteiger partial charge on any atom is 0.255 e. The minimum Gasteiger partial charge on any atom is -0.360 e. The molecule has 2 heterocycles. The molecule has 0 saturated carbocycles. The van der Waals surface area contributed by atoms with Gasteiger partial charge in [0.15, 0.2) is 0 Å². The van der Waals surface area contributed by atoms with Crippen LogP contribution in [0, 0.1) is 4.64 Å². The van der Waals surface area contributed by atoms with Crippen LogP contribution >= 0.6 is 12.2 Å². The molecule has 0 spiro atoms. The molecule has 13 heavy (non-hydrogen) atoms. The van der Waals surface area contributed by atoms with Crippen molar-refractivity contribution in [2.75, 3.05) is 5.32 Å². The van der Waals surface area contributed by atoms with Crippen LogP contribution in [0.3, 0.4) is 0 Å². The smallest absolute Gasteiger partial charge is 0.255 e. The number of anilines is 1. The van der Waals surface area contributed by atoms with Crippen molar-refractivity contribution in [3.8, 4) is 0 Å². The van der Waals surface area contributed by atoms with Gasteiger partial charge in [0.25, 0.3) is 5.91 Å². The number of hydrogen-bond donors (Lipinski definition) is 3. The topological polar surface area (TPSA) is 56.9 Å². The molecule has 1 unspecified atom stereocenters. The minimum absolute atomic E-state index is 0.201. The Morgan fingerprint density at radius 2 is 2.15 bits per heavy atom. The molecule has 0 fully saturated rings. The van der Waals surface area contributed by atoms with Crippen LogP contribution in [0.1, 0.15) is 10.4 Å². The highest BCUT2D eigenvalue weighted by Gasteiger charge is 2.19. The van der Waals surface area contributed by atoms with Crippen molar-refractivity contribution in [1.82, 2.24) is 10.3 Å². The van der Waals surface area contributed by atoms with Gasteiger partial charge in [0, 0.05) is 0 Å². The Balaban J connectivity index is 2.55. The van der Waals surface area contributed by atoms with Gasteiger partial charge < -0.3 is 15.6 Å². The fourth-order valence-corrected chi connectivity index (χ4v) is 1.36. The predicted molar refractivity (Wildman–Crippen MR) is 52.3 cm³/mol. The second kappa shape index (κ2) is 2.88. The standard InChI is InChI=1S/C7H6BN3OS/c8-7-10-5-3(6(12)11-7)1-2-4(13)9-5/h1-2,7H,(H,11,12)(H2,9,10,13). The number of pyridine rings is 1. The van der Waals surface area contributed by atoms with E-state index in [4.69, 9.17) is 20.1 Å². The number of carbonyl (C=O) groups excluding carboxylic acids is 1. The molecule has 1 aliphatic heterocycles. The highest BCUT2D eigenvalue weighted by atomic mass is 32.1. The van der Waals surface area contributed by atoms with E-state index in [1.54, 1.807) is 12.1 Å². The maximum absolute atomic E-state index is 11.3. The van der Waals surface area contributed by atoms with Crippen molar-refractivity contribution in [1.29, 1.82) is 0 Å². The van der Waals surface area contributed by atoms with Crippen molar-refractivity contribution in [3.05, 3.63) is 22.3 Å². The van der Waals surface area contributed by atoms with E-state index in [0.29, 0.717) is 16.0 Å². The van der Waals surface area contributed by atoms with Crippen LogP contribution in [0.4, 0.5) is 5.82 Å². The van der Waals surface area contributed by atoms with Crippen LogP contribution in [0.15, 0.2) is 12.1 Å². The molecule has 0 aliphatic carbocycles. The van der Waals surface area contributed by atoms with Crippen molar-refractivity contribution in [3.63, 3.8) is 0 Å². The van der Waals surface area contributed by atoms with Gasteiger partial charge in [-0.15, -0.1) is 0 Å². The normalized spacial score (nSPS) is 20.0. The average molecular weight is 191 g/mol. The summed E-state index contributed by atoms with van der Waals surface area (Å²) in [4.78, 5) is 14.2. The number of aromatic nitrogens is 1. The molecule has 0 aromatic carbocycles. The molecule has 0 saturated heterocycles. The molecular weight excluding hydrogens is 185 g/mol. The van der Waals surface area contributed by atoms with Gasteiger partial charge in [-0.25, -0.2) is 0 Å². The molecule has 0 bridgehead atoms. The number of carbonyl (C=O) groups is 1. The first kappa shape index (κ1) is 8.31. The molecule has 2 radical (unpaired) electrons. The first-order chi connectivity index (χ1) is 6.16. The lowest BCUT2D eigenvalue weighted by Gasteiger charge is -2.24. The first-order valence-electron chi connectivity index (χ1n) is 3.73. The van der Waals surface area contributed by atoms with Crippen molar-refractivity contribution >= 4 is 31.8 Å². The van der Waals surface area contributed by atoms with Gasteiger partial charge in [-0.05, 0) is 12.1 Å². The van der Waals surface area contributed by atoms with Crippen LogP contribution in [-0.2, 0) is 0 Å². The summed E-state index contributed by atoms with van der Waals surface area (Å²) in [7, 11) is 5.49. The molecule has 3 N–H and O–H groups in total. The average Bonchev–Trinajstić information content (AvgIpc) is 2.02. The van der Waals surface area contributed by atoms with Crippen LogP contribution in [0.2, 0.25) is 0 Å². The molecule has 4 nitrogen and oxygen atoms in total. The Morgan fingerprint density at radius 1 is 1.38 bits per heavy atom. The predicted octanol–water partition coefficient (Wildman–Crippen LogP) is 0.352. The molecule has 1 aromatic rings.